The van der Waals surface area contributed by atoms with Crippen molar-refractivity contribution in [2.45, 2.75) is 53.4 Å². The third-order valence-electron chi connectivity index (χ3n) is 7.21. The number of hydrogen-bond acceptors (Lipinski definition) is 8. The van der Waals surface area contributed by atoms with Gasteiger partial charge < -0.3 is 18.9 Å². The van der Waals surface area contributed by atoms with E-state index in [0.29, 0.717) is 50.0 Å². The van der Waals surface area contributed by atoms with Crippen LogP contribution in [0.4, 0.5) is 0 Å². The summed E-state index contributed by atoms with van der Waals surface area (Å²) in [5, 5.41) is 0. The topological polar surface area (TPSA) is 88.4 Å². The Morgan fingerprint density at radius 3 is 2.37 bits per heavy atom. The fourth-order valence-corrected chi connectivity index (χ4v) is 7.60. The number of thiazole rings is 1. The summed E-state index contributed by atoms with van der Waals surface area (Å²) in [5.74, 6) is 1.19. The lowest BCUT2D eigenvalue weighted by molar-refractivity contribution is -0.139. The van der Waals surface area contributed by atoms with Gasteiger partial charge in [0.25, 0.3) is 5.56 Å². The predicted molar refractivity (Wildman–Crippen MR) is 187 cm³/mol. The van der Waals surface area contributed by atoms with Gasteiger partial charge in [-0.3, -0.25) is 9.36 Å². The van der Waals surface area contributed by atoms with Crippen LogP contribution >= 0.6 is 43.2 Å². The van der Waals surface area contributed by atoms with Gasteiger partial charge in [0.1, 0.15) is 12.4 Å². The Morgan fingerprint density at radius 1 is 1.04 bits per heavy atom. The molecule has 0 amide bonds. The molecule has 46 heavy (non-hydrogen) atoms. The molecule has 0 bridgehead atoms. The minimum absolute atomic E-state index is 0.0662. The molecule has 1 aromatic heterocycles. The number of carbonyl (C=O) groups excluding carboxylic acids is 1. The first-order valence-electron chi connectivity index (χ1n) is 14.7. The van der Waals surface area contributed by atoms with E-state index < -0.39 is 12.0 Å². The van der Waals surface area contributed by atoms with Gasteiger partial charge in [0.15, 0.2) is 16.3 Å². The number of aryl methyl sites for hydroxylation is 1. The van der Waals surface area contributed by atoms with Crippen LogP contribution in [0.1, 0.15) is 56.0 Å². The molecule has 3 aromatic carbocycles. The molecule has 1 aliphatic rings. The maximum atomic E-state index is 14.1. The van der Waals surface area contributed by atoms with Crippen molar-refractivity contribution in [2.75, 3.05) is 13.7 Å². The number of halogens is 2. The molecule has 0 saturated carbocycles. The number of fused-ring (bicyclic) bond motifs is 1. The molecule has 240 valence electrons. The molecular weight excluding hydrogens is 736 g/mol. The van der Waals surface area contributed by atoms with Gasteiger partial charge in [-0.15, -0.1) is 0 Å². The van der Waals surface area contributed by atoms with Gasteiger partial charge in [-0.1, -0.05) is 47.2 Å². The number of nitrogens with zero attached hydrogens (tertiary/aromatic N) is 2. The molecule has 0 N–H and O–H groups in total. The molecule has 2 heterocycles. The first-order valence-corrected chi connectivity index (χ1v) is 17.1. The summed E-state index contributed by atoms with van der Waals surface area (Å²) in [4.78, 5) is 32.6. The van der Waals surface area contributed by atoms with Crippen molar-refractivity contribution >= 4 is 55.2 Å². The highest BCUT2D eigenvalue weighted by atomic mass is 79.9. The molecule has 8 nitrogen and oxygen atoms in total. The largest absolute Gasteiger partial charge is 0.493 e. The normalized spacial score (nSPS) is 14.6. The predicted octanol–water partition coefficient (Wildman–Crippen LogP) is 7.01. The SMILES string of the molecule is CCOC(=O)C1=C(C)N=c2s/c(=C\c3cc(Br)c(OCc4ccc(C)cc4)c(Br)c3)c(=O)n2[C@@H]1c1ccc(OC(C)C)c(OC)c1. The zero-order valence-electron chi connectivity index (χ0n) is 26.4. The van der Waals surface area contributed by atoms with E-state index in [1.54, 1.807) is 37.7 Å². The highest BCUT2D eigenvalue weighted by Crippen LogP contribution is 2.37. The Hall–Kier alpha value is -3.67. The number of ether oxygens (including phenoxy) is 4. The molecule has 0 aliphatic carbocycles. The van der Waals surface area contributed by atoms with Crippen molar-refractivity contribution in [1.82, 2.24) is 4.57 Å². The lowest BCUT2D eigenvalue weighted by Gasteiger charge is -2.25. The molecule has 4 aromatic rings. The van der Waals surface area contributed by atoms with E-state index in [1.807, 2.05) is 57.2 Å². The van der Waals surface area contributed by atoms with E-state index in [9.17, 15) is 9.59 Å². The van der Waals surface area contributed by atoms with Crippen molar-refractivity contribution in [3.63, 3.8) is 0 Å². The summed E-state index contributed by atoms with van der Waals surface area (Å²) in [6.07, 6.45) is 1.74. The summed E-state index contributed by atoms with van der Waals surface area (Å²) in [5.41, 5.74) is 4.19. The van der Waals surface area contributed by atoms with Gasteiger partial charge in [0.05, 0.1) is 50.6 Å². The molecule has 1 atom stereocenters. The third kappa shape index (κ3) is 7.16. The van der Waals surface area contributed by atoms with Gasteiger partial charge in [-0.25, -0.2) is 9.79 Å². The van der Waals surface area contributed by atoms with Gasteiger partial charge >= 0.3 is 5.97 Å². The first-order chi connectivity index (χ1) is 22.0. The van der Waals surface area contributed by atoms with E-state index in [1.165, 1.54) is 16.9 Å². The second-order valence-corrected chi connectivity index (χ2v) is 13.7. The van der Waals surface area contributed by atoms with Gasteiger partial charge in [0, 0.05) is 0 Å². The van der Waals surface area contributed by atoms with E-state index in [4.69, 9.17) is 18.9 Å². The van der Waals surface area contributed by atoms with E-state index in [0.717, 1.165) is 20.1 Å². The van der Waals surface area contributed by atoms with Crippen LogP contribution in [0.2, 0.25) is 0 Å². The Labute approximate surface area is 288 Å². The molecule has 1 aliphatic heterocycles. The fraction of sp³-hybridized carbons (Fsp3) is 0.286. The molecular formula is C35H34Br2N2O6S. The smallest absolute Gasteiger partial charge is 0.338 e. The number of carbonyl (C=O) groups is 1. The average molecular weight is 771 g/mol. The number of rotatable bonds is 10. The van der Waals surface area contributed by atoms with Gasteiger partial charge in [-0.05, 0) is 114 Å². The lowest BCUT2D eigenvalue weighted by atomic mass is 9.95. The molecule has 0 radical (unpaired) electrons. The number of esters is 1. The quantitative estimate of drug-likeness (QED) is 0.162. The number of methoxy groups -OCH3 is 1. The highest BCUT2D eigenvalue weighted by Gasteiger charge is 2.34. The van der Waals surface area contributed by atoms with Crippen molar-refractivity contribution in [2.24, 2.45) is 4.99 Å². The average Bonchev–Trinajstić information content (AvgIpc) is 3.30. The number of benzene rings is 3. The van der Waals surface area contributed by atoms with E-state index >= 15 is 0 Å². The Kier molecular flexibility index (Phi) is 10.5. The number of hydrogen-bond donors (Lipinski definition) is 0. The van der Waals surface area contributed by atoms with Gasteiger partial charge in [0.2, 0.25) is 0 Å². The summed E-state index contributed by atoms with van der Waals surface area (Å²) in [6, 6.07) is 16.6. The van der Waals surface area contributed by atoms with Crippen LogP contribution in [0.5, 0.6) is 17.2 Å². The van der Waals surface area contributed by atoms with Gasteiger partial charge in [-0.2, -0.15) is 0 Å². The summed E-state index contributed by atoms with van der Waals surface area (Å²) in [7, 11) is 1.56. The molecule has 0 saturated heterocycles. The van der Waals surface area contributed by atoms with Crippen LogP contribution in [-0.2, 0) is 16.1 Å². The van der Waals surface area contributed by atoms with Crippen molar-refractivity contribution in [3.05, 3.63) is 117 Å². The molecule has 5 rings (SSSR count). The number of allylic oxidation sites excluding steroid dienone is 1. The molecule has 11 heteroatoms. The number of aromatic nitrogens is 1. The van der Waals surface area contributed by atoms with Crippen molar-refractivity contribution < 1.29 is 23.7 Å². The van der Waals surface area contributed by atoms with Crippen LogP contribution in [0.3, 0.4) is 0 Å². The zero-order chi connectivity index (χ0) is 33.1. The Balaban J connectivity index is 1.57. The Morgan fingerprint density at radius 2 is 1.74 bits per heavy atom. The second kappa shape index (κ2) is 14.4. The minimum Gasteiger partial charge on any atom is -0.493 e. The minimum atomic E-state index is -0.782. The van der Waals surface area contributed by atoms with E-state index in [-0.39, 0.29) is 18.3 Å². The fourth-order valence-electron chi connectivity index (χ4n) is 5.10. The van der Waals surface area contributed by atoms with Crippen molar-refractivity contribution in [3.8, 4) is 17.2 Å². The van der Waals surface area contributed by atoms with Crippen LogP contribution in [-0.4, -0.2) is 30.4 Å². The van der Waals surface area contributed by atoms with Crippen LogP contribution in [0.15, 0.2) is 84.6 Å². The standard InChI is InChI=1S/C35H34Br2N2O6S/c1-7-43-34(41)30-21(5)38-35-39(31(30)24-12-13-27(45-19(2)3)28(17-24)42-6)33(40)29(46-35)16-23-14-25(36)32(26(37)15-23)44-18-22-10-8-20(4)9-11-22/h8-17,19,31H,7,18H2,1-6H3/b29-16-/t31-/m1/s1. The molecule has 0 fully saturated rings. The first kappa shape index (κ1) is 33.7. The van der Waals surface area contributed by atoms with Crippen LogP contribution in [0.25, 0.3) is 6.08 Å². The summed E-state index contributed by atoms with van der Waals surface area (Å²) in [6.45, 7) is 10.0. The lowest BCUT2D eigenvalue weighted by Crippen LogP contribution is -2.40. The Bertz CT molecular complexity index is 1970. The van der Waals surface area contributed by atoms with Crippen molar-refractivity contribution in [1.29, 1.82) is 0 Å². The van der Waals surface area contributed by atoms with Crippen LogP contribution in [0, 0.1) is 6.92 Å². The zero-order valence-corrected chi connectivity index (χ0v) is 30.3. The third-order valence-corrected chi connectivity index (χ3v) is 9.37. The highest BCUT2D eigenvalue weighted by molar-refractivity contribution is 9.11. The van der Waals surface area contributed by atoms with E-state index in [2.05, 4.69) is 49.0 Å². The summed E-state index contributed by atoms with van der Waals surface area (Å²) >= 11 is 8.53. The monoisotopic (exact) mass is 768 g/mol. The second-order valence-electron chi connectivity index (χ2n) is 11.0. The molecule has 0 unspecified atom stereocenters. The molecule has 0 spiro atoms. The summed E-state index contributed by atoms with van der Waals surface area (Å²) < 4.78 is 26.6. The van der Waals surface area contributed by atoms with Crippen LogP contribution < -0.4 is 29.1 Å². The maximum absolute atomic E-state index is 14.1. The maximum Gasteiger partial charge on any atom is 0.338 e.